The van der Waals surface area contributed by atoms with Crippen LogP contribution in [0, 0.1) is 24.0 Å². The van der Waals surface area contributed by atoms with E-state index < -0.39 is 34.8 Å². The molecule has 0 aliphatic heterocycles. The molecule has 0 saturated heterocycles. The fraction of sp³-hybridized carbons (Fsp3) is 0.500. The first-order valence-corrected chi connectivity index (χ1v) is 6.36. The lowest BCUT2D eigenvalue weighted by Crippen LogP contribution is -2.37. The molecule has 0 fully saturated rings. The molecule has 0 heterocycles. The van der Waals surface area contributed by atoms with E-state index in [9.17, 15) is 28.1 Å². The summed E-state index contributed by atoms with van der Waals surface area (Å²) in [6, 6.07) is 1.95. The van der Waals surface area contributed by atoms with E-state index in [1.54, 1.807) is 0 Å². The predicted molar refractivity (Wildman–Crippen MR) is 72.3 cm³/mol. The van der Waals surface area contributed by atoms with E-state index in [1.165, 1.54) is 27.7 Å². The number of nitrogens with zero attached hydrogens (tertiary/aromatic N) is 1. The highest BCUT2D eigenvalue weighted by atomic mass is 19.4. The van der Waals surface area contributed by atoms with Crippen molar-refractivity contribution in [2.75, 3.05) is 6.61 Å². The molecule has 122 valence electrons. The number of benzene rings is 1. The van der Waals surface area contributed by atoms with Crippen molar-refractivity contribution in [2.24, 2.45) is 0 Å². The molecule has 0 amide bonds. The highest BCUT2D eigenvalue weighted by Gasteiger charge is 2.35. The zero-order valence-electron chi connectivity index (χ0n) is 12.6. The Kier molecular flexibility index (Phi) is 4.84. The summed E-state index contributed by atoms with van der Waals surface area (Å²) in [6.07, 6.45) is -4.51. The van der Waals surface area contributed by atoms with Crippen molar-refractivity contribution in [3.05, 3.63) is 44.5 Å². The Labute approximate surface area is 125 Å². The molecule has 0 radical (unpaired) electrons. The molecule has 0 N–H and O–H groups in total. The lowest BCUT2D eigenvalue weighted by molar-refractivity contribution is -0.563. The normalized spacial score (nSPS) is 12.1. The maximum Gasteiger partial charge on any atom is 0.416 e. The maximum atomic E-state index is 12.8. The Morgan fingerprint density at radius 1 is 1.23 bits per heavy atom. The van der Waals surface area contributed by atoms with Gasteiger partial charge in [0.25, 0.3) is 0 Å². The molecular formula is C14H16F3NO4. The first-order valence-electron chi connectivity index (χ1n) is 6.36. The molecule has 1 rings (SSSR count). The third-order valence-corrected chi connectivity index (χ3v) is 3.15. The van der Waals surface area contributed by atoms with Crippen molar-refractivity contribution in [1.82, 2.24) is 0 Å². The Morgan fingerprint density at radius 2 is 1.77 bits per heavy atom. The number of hydrogen-bond donors (Lipinski definition) is 0. The lowest BCUT2D eigenvalue weighted by atomic mass is 9.99. The Hall–Kier alpha value is -2.12. The van der Waals surface area contributed by atoms with Crippen molar-refractivity contribution in [3.8, 4) is 0 Å². The molecule has 5 nitrogen and oxygen atoms in total. The SMILES string of the molecule is Cc1cc(C(F)(F)F)c(C)cc1C(=O)OCC(C)(C)[N+](=O)[O-]. The Morgan fingerprint density at radius 3 is 2.23 bits per heavy atom. The lowest BCUT2D eigenvalue weighted by Gasteiger charge is -2.17. The van der Waals surface area contributed by atoms with Crippen molar-refractivity contribution in [2.45, 2.75) is 39.4 Å². The van der Waals surface area contributed by atoms with Crippen LogP contribution in [0.4, 0.5) is 13.2 Å². The van der Waals surface area contributed by atoms with Crippen LogP contribution in [0.2, 0.25) is 0 Å². The minimum atomic E-state index is -4.51. The zero-order chi connectivity index (χ0) is 17.3. The number of hydrogen-bond acceptors (Lipinski definition) is 4. The fourth-order valence-electron chi connectivity index (χ4n) is 1.71. The van der Waals surface area contributed by atoms with Crippen LogP contribution < -0.4 is 0 Å². The second-order valence-electron chi connectivity index (χ2n) is 5.63. The van der Waals surface area contributed by atoms with Crippen LogP contribution >= 0.6 is 0 Å². The van der Waals surface area contributed by atoms with Crippen molar-refractivity contribution in [3.63, 3.8) is 0 Å². The first-order chi connectivity index (χ1) is 9.86. The van der Waals surface area contributed by atoms with E-state index in [0.717, 1.165) is 12.1 Å². The van der Waals surface area contributed by atoms with Crippen molar-refractivity contribution < 1.29 is 27.6 Å². The van der Waals surface area contributed by atoms with Crippen LogP contribution in [0.1, 0.15) is 40.9 Å². The van der Waals surface area contributed by atoms with Gasteiger partial charge in [0.15, 0.2) is 6.61 Å². The second kappa shape index (κ2) is 5.94. The number of ether oxygens (including phenoxy) is 1. The van der Waals surface area contributed by atoms with Crippen molar-refractivity contribution >= 4 is 5.97 Å². The first kappa shape index (κ1) is 17.9. The molecule has 0 aliphatic rings. The van der Waals surface area contributed by atoms with E-state index in [4.69, 9.17) is 4.74 Å². The summed E-state index contributed by atoms with van der Waals surface area (Å²) >= 11 is 0. The molecule has 0 saturated carbocycles. The number of carbonyl (C=O) groups is 1. The molecule has 0 atom stereocenters. The summed E-state index contributed by atoms with van der Waals surface area (Å²) < 4.78 is 43.1. The van der Waals surface area contributed by atoms with Crippen LogP contribution in [-0.2, 0) is 10.9 Å². The van der Waals surface area contributed by atoms with E-state index >= 15 is 0 Å². The van der Waals surface area contributed by atoms with Gasteiger partial charge in [-0.15, -0.1) is 0 Å². The molecule has 0 spiro atoms. The summed E-state index contributed by atoms with van der Waals surface area (Å²) in [6.45, 7) is 4.68. The summed E-state index contributed by atoms with van der Waals surface area (Å²) in [4.78, 5) is 22.1. The predicted octanol–water partition coefficient (Wildman–Crippen LogP) is 3.53. The monoisotopic (exact) mass is 319 g/mol. The summed E-state index contributed by atoms with van der Waals surface area (Å²) in [5.41, 5.74) is -2.35. The second-order valence-corrected chi connectivity index (χ2v) is 5.63. The number of carbonyl (C=O) groups excluding carboxylic acids is 1. The number of alkyl halides is 3. The Balaban J connectivity index is 3.01. The number of nitro groups is 1. The highest BCUT2D eigenvalue weighted by Crippen LogP contribution is 2.33. The van der Waals surface area contributed by atoms with Gasteiger partial charge in [-0.2, -0.15) is 13.2 Å². The number of aryl methyl sites for hydroxylation is 2. The minimum Gasteiger partial charge on any atom is -0.454 e. The van der Waals surface area contributed by atoms with Crippen LogP contribution in [-0.4, -0.2) is 23.0 Å². The number of esters is 1. The van der Waals surface area contributed by atoms with E-state index in [-0.39, 0.29) is 16.7 Å². The average Bonchev–Trinajstić information content (AvgIpc) is 2.36. The van der Waals surface area contributed by atoms with E-state index in [0.29, 0.717) is 0 Å². The maximum absolute atomic E-state index is 12.8. The number of rotatable bonds is 4. The summed E-state index contributed by atoms with van der Waals surface area (Å²) in [7, 11) is 0. The van der Waals surface area contributed by atoms with Crippen LogP contribution in [0.25, 0.3) is 0 Å². The number of halogens is 3. The van der Waals surface area contributed by atoms with Crippen LogP contribution in [0.3, 0.4) is 0 Å². The van der Waals surface area contributed by atoms with Gasteiger partial charge in [0, 0.05) is 18.8 Å². The third-order valence-electron chi connectivity index (χ3n) is 3.15. The van der Waals surface area contributed by atoms with Gasteiger partial charge in [0.05, 0.1) is 11.1 Å². The van der Waals surface area contributed by atoms with Crippen LogP contribution in [0.5, 0.6) is 0 Å². The molecular weight excluding hydrogens is 303 g/mol. The van der Waals surface area contributed by atoms with Gasteiger partial charge in [-0.3, -0.25) is 10.1 Å². The van der Waals surface area contributed by atoms with E-state index in [1.807, 2.05) is 0 Å². The van der Waals surface area contributed by atoms with Gasteiger partial charge in [0.2, 0.25) is 5.54 Å². The van der Waals surface area contributed by atoms with E-state index in [2.05, 4.69) is 0 Å². The molecule has 1 aromatic rings. The van der Waals surface area contributed by atoms with Gasteiger partial charge in [-0.05, 0) is 37.1 Å². The standard InChI is InChI=1S/C14H16F3NO4/c1-8-6-11(14(15,16)17)9(2)5-10(8)12(19)22-7-13(3,4)18(20)21/h5-6H,7H2,1-4H3. The molecule has 22 heavy (non-hydrogen) atoms. The molecule has 1 aromatic carbocycles. The molecule has 0 aromatic heterocycles. The van der Waals surface area contributed by atoms with Crippen molar-refractivity contribution in [1.29, 1.82) is 0 Å². The summed E-state index contributed by atoms with van der Waals surface area (Å²) in [5.74, 6) is -0.885. The smallest absolute Gasteiger partial charge is 0.416 e. The topological polar surface area (TPSA) is 69.4 Å². The average molecular weight is 319 g/mol. The molecule has 0 bridgehead atoms. The third kappa shape index (κ3) is 3.96. The molecule has 8 heteroatoms. The van der Waals surface area contributed by atoms with Gasteiger partial charge in [-0.1, -0.05) is 0 Å². The van der Waals surface area contributed by atoms with Gasteiger partial charge >= 0.3 is 12.1 Å². The van der Waals surface area contributed by atoms with Gasteiger partial charge in [0.1, 0.15) is 0 Å². The zero-order valence-corrected chi connectivity index (χ0v) is 12.6. The largest absolute Gasteiger partial charge is 0.454 e. The fourth-order valence-corrected chi connectivity index (χ4v) is 1.71. The minimum absolute atomic E-state index is 0.0374. The molecule has 0 unspecified atom stereocenters. The Bertz CT molecular complexity index is 609. The van der Waals surface area contributed by atoms with Gasteiger partial charge < -0.3 is 4.74 Å². The quantitative estimate of drug-likeness (QED) is 0.483. The van der Waals surface area contributed by atoms with Crippen LogP contribution in [0.15, 0.2) is 12.1 Å². The van der Waals surface area contributed by atoms with Gasteiger partial charge in [-0.25, -0.2) is 4.79 Å². The summed E-state index contributed by atoms with van der Waals surface area (Å²) in [5, 5.41) is 10.7. The highest BCUT2D eigenvalue weighted by molar-refractivity contribution is 5.91. The molecule has 0 aliphatic carbocycles.